The van der Waals surface area contributed by atoms with Gasteiger partial charge in [0, 0.05) is 15.7 Å². The van der Waals surface area contributed by atoms with Crippen LogP contribution in [0.4, 0.5) is 5.69 Å². The SMILES string of the molecule is CCc1cccc(C(C)C)c1NC(=O)C(=O)[C@H](c1ccccc1Cl)S(=O)(=O)Cc1ccccc1Cl. The van der Waals surface area contributed by atoms with E-state index in [-0.39, 0.29) is 21.5 Å². The minimum atomic E-state index is -4.23. The highest BCUT2D eigenvalue weighted by molar-refractivity contribution is 7.91. The molecule has 0 spiro atoms. The quantitative estimate of drug-likeness (QED) is 0.317. The molecule has 1 amide bonds. The van der Waals surface area contributed by atoms with Crippen molar-refractivity contribution in [2.45, 2.75) is 44.1 Å². The summed E-state index contributed by atoms with van der Waals surface area (Å²) >= 11 is 12.5. The molecule has 1 atom stereocenters. The number of anilines is 1. The van der Waals surface area contributed by atoms with Crippen LogP contribution in [0.1, 0.15) is 54.2 Å². The molecule has 5 nitrogen and oxygen atoms in total. The summed E-state index contributed by atoms with van der Waals surface area (Å²) in [5.41, 5.74) is 2.63. The molecule has 3 rings (SSSR count). The zero-order chi connectivity index (χ0) is 25.8. The van der Waals surface area contributed by atoms with Crippen LogP contribution < -0.4 is 5.32 Å². The van der Waals surface area contributed by atoms with Gasteiger partial charge >= 0.3 is 0 Å². The van der Waals surface area contributed by atoms with Gasteiger partial charge in [-0.25, -0.2) is 8.42 Å². The summed E-state index contributed by atoms with van der Waals surface area (Å²) in [7, 11) is -4.23. The van der Waals surface area contributed by atoms with E-state index in [0.717, 1.165) is 11.1 Å². The van der Waals surface area contributed by atoms with Crippen LogP contribution in [0.2, 0.25) is 10.0 Å². The van der Waals surface area contributed by atoms with Crippen molar-refractivity contribution in [2.24, 2.45) is 0 Å². The van der Waals surface area contributed by atoms with Crippen LogP contribution in [-0.4, -0.2) is 20.1 Å². The molecule has 3 aromatic rings. The highest BCUT2D eigenvalue weighted by Crippen LogP contribution is 2.34. The third-order valence-electron chi connectivity index (χ3n) is 5.75. The third-order valence-corrected chi connectivity index (χ3v) is 8.36. The Morgan fingerprint density at radius 2 is 1.40 bits per heavy atom. The monoisotopic (exact) mass is 531 g/mol. The molecule has 0 saturated carbocycles. The van der Waals surface area contributed by atoms with Gasteiger partial charge in [-0.1, -0.05) is 98.6 Å². The van der Waals surface area contributed by atoms with Crippen molar-refractivity contribution in [1.82, 2.24) is 0 Å². The lowest BCUT2D eigenvalue weighted by Gasteiger charge is -2.21. The van der Waals surface area contributed by atoms with E-state index in [1.54, 1.807) is 36.4 Å². The number of ketones is 1. The molecule has 0 aliphatic heterocycles. The van der Waals surface area contributed by atoms with E-state index in [0.29, 0.717) is 17.7 Å². The van der Waals surface area contributed by atoms with E-state index in [4.69, 9.17) is 23.2 Å². The second kappa shape index (κ2) is 11.4. The van der Waals surface area contributed by atoms with E-state index in [9.17, 15) is 18.0 Å². The van der Waals surface area contributed by atoms with Crippen LogP contribution in [0.3, 0.4) is 0 Å². The van der Waals surface area contributed by atoms with E-state index >= 15 is 0 Å². The summed E-state index contributed by atoms with van der Waals surface area (Å²) in [6.45, 7) is 5.90. The predicted octanol–water partition coefficient (Wildman–Crippen LogP) is 6.54. The first-order chi connectivity index (χ1) is 16.6. The number of hydrogen-bond acceptors (Lipinski definition) is 4. The summed E-state index contributed by atoms with van der Waals surface area (Å²) in [5, 5.41) is 1.25. The lowest BCUT2D eigenvalue weighted by atomic mass is 9.96. The Morgan fingerprint density at radius 1 is 0.829 bits per heavy atom. The van der Waals surface area contributed by atoms with E-state index in [1.807, 2.05) is 39.0 Å². The largest absolute Gasteiger partial charge is 0.319 e. The van der Waals surface area contributed by atoms with Gasteiger partial charge in [0.25, 0.3) is 5.91 Å². The summed E-state index contributed by atoms with van der Waals surface area (Å²) in [4.78, 5) is 26.8. The van der Waals surface area contributed by atoms with Gasteiger partial charge in [0.15, 0.2) is 15.1 Å². The number of hydrogen-bond donors (Lipinski definition) is 1. The fourth-order valence-corrected chi connectivity index (χ4v) is 6.41. The minimum absolute atomic E-state index is 0.0502. The molecule has 0 fully saturated rings. The molecule has 3 aromatic carbocycles. The molecule has 0 heterocycles. The smallest absolute Gasteiger partial charge is 0.293 e. The molecule has 0 aliphatic rings. The third kappa shape index (κ3) is 6.13. The first kappa shape index (κ1) is 26.9. The van der Waals surface area contributed by atoms with Crippen LogP contribution in [0.25, 0.3) is 0 Å². The van der Waals surface area contributed by atoms with Crippen LogP contribution in [-0.2, 0) is 31.6 Å². The van der Waals surface area contributed by atoms with Crippen molar-refractivity contribution in [3.05, 3.63) is 99.0 Å². The maximum atomic E-state index is 13.6. The van der Waals surface area contributed by atoms with Gasteiger partial charge in [-0.05, 0) is 46.7 Å². The van der Waals surface area contributed by atoms with Crippen molar-refractivity contribution in [3.8, 4) is 0 Å². The van der Waals surface area contributed by atoms with Crippen LogP contribution >= 0.6 is 23.2 Å². The number of halogens is 2. The van der Waals surface area contributed by atoms with Gasteiger partial charge in [-0.3, -0.25) is 9.59 Å². The van der Waals surface area contributed by atoms with Crippen LogP contribution in [0.15, 0.2) is 66.7 Å². The number of Topliss-reactive ketones (excluding diaryl/α,β-unsaturated/α-hetero) is 1. The fourth-order valence-electron chi connectivity index (χ4n) is 3.94. The average molecular weight is 532 g/mol. The zero-order valence-corrected chi connectivity index (χ0v) is 22.0. The fraction of sp³-hybridized carbons (Fsp3) is 0.259. The predicted molar refractivity (Wildman–Crippen MR) is 142 cm³/mol. The molecule has 0 bridgehead atoms. The van der Waals surface area contributed by atoms with Gasteiger partial charge < -0.3 is 5.32 Å². The normalized spacial score (nSPS) is 12.4. The van der Waals surface area contributed by atoms with Crippen LogP contribution in [0.5, 0.6) is 0 Å². The first-order valence-corrected chi connectivity index (χ1v) is 13.7. The zero-order valence-electron chi connectivity index (χ0n) is 19.7. The number of carbonyl (C=O) groups is 2. The van der Waals surface area contributed by atoms with E-state index < -0.39 is 32.5 Å². The number of benzene rings is 3. The van der Waals surface area contributed by atoms with E-state index in [2.05, 4.69) is 5.32 Å². The van der Waals surface area contributed by atoms with Crippen molar-refractivity contribution in [1.29, 1.82) is 0 Å². The molecular formula is C27H27Cl2NO4S. The van der Waals surface area contributed by atoms with Crippen molar-refractivity contribution in [2.75, 3.05) is 5.32 Å². The Labute approximate surface area is 216 Å². The average Bonchev–Trinajstić information content (AvgIpc) is 2.81. The van der Waals surface area contributed by atoms with Gasteiger partial charge in [-0.2, -0.15) is 0 Å². The topological polar surface area (TPSA) is 80.3 Å². The molecule has 1 N–H and O–H groups in total. The lowest BCUT2D eigenvalue weighted by molar-refractivity contribution is -0.134. The Morgan fingerprint density at radius 3 is 2.00 bits per heavy atom. The molecule has 0 radical (unpaired) electrons. The highest BCUT2D eigenvalue weighted by atomic mass is 35.5. The number of para-hydroxylation sites is 1. The molecular weight excluding hydrogens is 505 g/mol. The number of carbonyl (C=O) groups excluding carboxylic acids is 2. The molecule has 0 saturated heterocycles. The number of amides is 1. The maximum absolute atomic E-state index is 13.6. The summed E-state index contributed by atoms with van der Waals surface area (Å²) in [5.74, 6) is -2.56. The summed E-state index contributed by atoms with van der Waals surface area (Å²) < 4.78 is 27.2. The van der Waals surface area contributed by atoms with Crippen molar-refractivity contribution < 1.29 is 18.0 Å². The van der Waals surface area contributed by atoms with Gasteiger partial charge in [0.05, 0.1) is 5.75 Å². The number of aryl methyl sites for hydroxylation is 1. The molecule has 35 heavy (non-hydrogen) atoms. The second-order valence-corrected chi connectivity index (χ2v) is 11.4. The number of rotatable bonds is 9. The molecule has 184 valence electrons. The Kier molecular flexibility index (Phi) is 8.75. The van der Waals surface area contributed by atoms with Crippen molar-refractivity contribution in [3.63, 3.8) is 0 Å². The van der Waals surface area contributed by atoms with E-state index in [1.165, 1.54) is 12.1 Å². The van der Waals surface area contributed by atoms with Gasteiger partial charge in [0.1, 0.15) is 0 Å². The minimum Gasteiger partial charge on any atom is -0.319 e. The molecule has 0 unspecified atom stereocenters. The lowest BCUT2D eigenvalue weighted by Crippen LogP contribution is -2.34. The van der Waals surface area contributed by atoms with Crippen molar-refractivity contribution >= 4 is 50.4 Å². The Hall–Kier alpha value is -2.67. The summed E-state index contributed by atoms with van der Waals surface area (Å²) in [6, 6.07) is 18.3. The molecule has 8 heteroatoms. The highest BCUT2D eigenvalue weighted by Gasteiger charge is 2.39. The number of sulfone groups is 1. The molecule has 0 aliphatic carbocycles. The first-order valence-electron chi connectivity index (χ1n) is 11.2. The standard InChI is InChI=1S/C27H27Cl2NO4S/c1-4-18-11-9-13-20(17(2)3)24(18)30-27(32)25(31)26(21-12-6-8-15-23(21)29)35(33,34)16-19-10-5-7-14-22(19)28/h5-15,17,26H,4,16H2,1-3H3,(H,30,32)/t26-/m0/s1. The maximum Gasteiger partial charge on any atom is 0.293 e. The van der Waals surface area contributed by atoms with Gasteiger partial charge in [0.2, 0.25) is 5.78 Å². The van der Waals surface area contributed by atoms with Gasteiger partial charge in [-0.15, -0.1) is 0 Å². The summed E-state index contributed by atoms with van der Waals surface area (Å²) in [6.07, 6.45) is 0.628. The Bertz CT molecular complexity index is 1350. The van der Waals surface area contributed by atoms with Crippen LogP contribution in [0, 0.1) is 0 Å². The molecule has 0 aromatic heterocycles. The second-order valence-electron chi connectivity index (χ2n) is 8.51. The number of nitrogens with one attached hydrogen (secondary N) is 1. The Balaban J connectivity index is 2.05.